The van der Waals surface area contributed by atoms with Gasteiger partial charge in [-0.2, -0.15) is 8.62 Å². The number of phosphoric ester groups is 1. The molecule has 0 aromatic carbocycles. The molecule has 15 nitrogen and oxygen atoms in total. The summed E-state index contributed by atoms with van der Waals surface area (Å²) in [6.45, 7) is -0.231. The Bertz CT molecular complexity index is 1110. The van der Waals surface area contributed by atoms with Crippen molar-refractivity contribution in [2.45, 2.75) is 18.9 Å². The molecular formula is C12H18N5O10P3. The molecule has 18 heteroatoms. The maximum absolute atomic E-state index is 11.8. The Labute approximate surface area is 168 Å². The fourth-order valence-corrected chi connectivity index (χ4v) is 7.10. The van der Waals surface area contributed by atoms with E-state index in [2.05, 4.69) is 23.6 Å². The fraction of sp³-hybridized carbons (Fsp3) is 0.583. The van der Waals surface area contributed by atoms with E-state index in [4.69, 9.17) is 24.9 Å². The summed E-state index contributed by atoms with van der Waals surface area (Å²) in [4.78, 5) is 48.1. The number of fused-ring (bicyclic) bond motifs is 2. The Morgan fingerprint density at radius 2 is 1.70 bits per heavy atom. The second-order valence-electron chi connectivity index (χ2n) is 7.09. The third-order valence-corrected chi connectivity index (χ3v) is 9.03. The molecule has 0 amide bonds. The van der Waals surface area contributed by atoms with E-state index in [-0.39, 0.29) is 36.2 Å². The summed E-state index contributed by atoms with van der Waals surface area (Å²) < 4.78 is 47.8. The van der Waals surface area contributed by atoms with Gasteiger partial charge in [0.2, 0.25) is 0 Å². The maximum atomic E-state index is 11.8. The number of phosphoric acid groups is 3. The molecule has 0 bridgehead atoms. The van der Waals surface area contributed by atoms with Crippen LogP contribution in [0.15, 0.2) is 12.7 Å². The van der Waals surface area contributed by atoms with Crippen molar-refractivity contribution in [3.8, 4) is 0 Å². The van der Waals surface area contributed by atoms with Crippen LogP contribution < -0.4 is 5.73 Å². The molecule has 0 aliphatic heterocycles. The summed E-state index contributed by atoms with van der Waals surface area (Å²) in [5.41, 5.74) is 6.93. The SMILES string of the molecule is Nc1ncnc2c1ncn2[C@H]1CC2C(COP(=O)(O)OP(=O)(O)OP(=O)(O)O)[C@H]2C1. The van der Waals surface area contributed by atoms with Gasteiger partial charge in [-0.3, -0.25) is 4.52 Å². The maximum Gasteiger partial charge on any atom is 0.490 e. The highest BCUT2D eigenvalue weighted by Crippen LogP contribution is 2.68. The summed E-state index contributed by atoms with van der Waals surface area (Å²) in [6, 6.07) is 0.113. The van der Waals surface area contributed by atoms with E-state index < -0.39 is 23.5 Å². The highest BCUT2D eigenvalue weighted by molar-refractivity contribution is 7.66. The van der Waals surface area contributed by atoms with Crippen LogP contribution in [-0.2, 0) is 26.8 Å². The molecule has 2 aliphatic rings. The summed E-state index contributed by atoms with van der Waals surface area (Å²) >= 11 is 0. The van der Waals surface area contributed by atoms with Gasteiger partial charge >= 0.3 is 23.5 Å². The van der Waals surface area contributed by atoms with Crippen LogP contribution >= 0.6 is 23.5 Å². The van der Waals surface area contributed by atoms with Gasteiger partial charge in [0, 0.05) is 6.04 Å². The van der Waals surface area contributed by atoms with Gasteiger partial charge in [0.25, 0.3) is 0 Å². The summed E-state index contributed by atoms with van der Waals surface area (Å²) in [5, 5.41) is 0. The minimum absolute atomic E-state index is 0.0689. The third-order valence-electron chi connectivity index (χ3n) is 5.22. The normalized spacial score (nSPS) is 30.0. The van der Waals surface area contributed by atoms with Crippen LogP contribution in [0.4, 0.5) is 5.82 Å². The lowest BCUT2D eigenvalue weighted by Crippen LogP contribution is -2.11. The lowest BCUT2D eigenvalue weighted by atomic mass is 10.1. The molecule has 30 heavy (non-hydrogen) atoms. The molecule has 4 rings (SSSR count). The molecule has 2 heterocycles. The van der Waals surface area contributed by atoms with Crippen molar-refractivity contribution in [3.05, 3.63) is 12.7 Å². The molecule has 0 radical (unpaired) electrons. The molecule has 0 spiro atoms. The lowest BCUT2D eigenvalue weighted by molar-refractivity contribution is 0.161. The zero-order chi connectivity index (χ0) is 21.9. The van der Waals surface area contributed by atoms with Crippen molar-refractivity contribution in [1.29, 1.82) is 0 Å². The zero-order valence-electron chi connectivity index (χ0n) is 15.0. The monoisotopic (exact) mass is 485 g/mol. The molecule has 2 fully saturated rings. The van der Waals surface area contributed by atoms with E-state index in [1.54, 1.807) is 6.33 Å². The van der Waals surface area contributed by atoms with Crippen LogP contribution in [0.2, 0.25) is 0 Å². The number of aromatic nitrogens is 4. The van der Waals surface area contributed by atoms with E-state index >= 15 is 0 Å². The molecule has 4 unspecified atom stereocenters. The van der Waals surface area contributed by atoms with Gasteiger partial charge in [0.15, 0.2) is 11.5 Å². The first-order valence-electron chi connectivity index (χ1n) is 8.56. The van der Waals surface area contributed by atoms with Crippen LogP contribution in [0.1, 0.15) is 18.9 Å². The largest absolute Gasteiger partial charge is 0.490 e. The Hall–Kier alpha value is -1.24. The number of imidazole rings is 1. The van der Waals surface area contributed by atoms with E-state index in [9.17, 15) is 18.6 Å². The van der Waals surface area contributed by atoms with Crippen molar-refractivity contribution >= 4 is 40.4 Å². The number of nitrogen functional groups attached to an aromatic ring is 1. The van der Waals surface area contributed by atoms with Crippen molar-refractivity contribution in [1.82, 2.24) is 19.5 Å². The standard InChI is InChI=1S/C12H18N5O10P3/c13-11-10-12(15-4-14-11)17(5-16-10)6-1-7-8(2-6)9(7)3-25-29(21,22)27-30(23,24)26-28(18,19)20/h4-9H,1-3H2,(H,21,22)(H,23,24)(H2,13,14,15)(H2,18,19,20)/t6-,7+,8?,9?/m1/s1. The van der Waals surface area contributed by atoms with Crippen LogP contribution in [0.25, 0.3) is 11.2 Å². The average Bonchev–Trinajstić information content (AvgIpc) is 2.95. The van der Waals surface area contributed by atoms with Crippen molar-refractivity contribution < 1.29 is 46.4 Å². The number of nitrogens with zero attached hydrogens (tertiary/aromatic N) is 4. The van der Waals surface area contributed by atoms with Crippen molar-refractivity contribution in [2.75, 3.05) is 12.3 Å². The molecule has 166 valence electrons. The van der Waals surface area contributed by atoms with Crippen molar-refractivity contribution in [2.24, 2.45) is 17.8 Å². The molecule has 2 aliphatic carbocycles. The second kappa shape index (κ2) is 7.42. The van der Waals surface area contributed by atoms with Crippen LogP contribution in [0, 0.1) is 17.8 Å². The van der Waals surface area contributed by atoms with E-state index in [0.717, 1.165) is 12.8 Å². The lowest BCUT2D eigenvalue weighted by Gasteiger charge is -2.18. The van der Waals surface area contributed by atoms with Gasteiger partial charge in [-0.05, 0) is 30.6 Å². The number of hydrogen-bond donors (Lipinski definition) is 5. The first-order chi connectivity index (χ1) is 13.9. The van der Waals surface area contributed by atoms with Crippen LogP contribution in [0.5, 0.6) is 0 Å². The number of nitrogens with two attached hydrogens (primary N) is 1. The molecular weight excluding hydrogens is 467 g/mol. The van der Waals surface area contributed by atoms with E-state index in [0.29, 0.717) is 11.2 Å². The number of rotatable bonds is 8. The minimum Gasteiger partial charge on any atom is -0.382 e. The predicted molar refractivity (Wildman–Crippen MR) is 98.3 cm³/mol. The molecule has 6 atom stereocenters. The number of anilines is 1. The van der Waals surface area contributed by atoms with Crippen LogP contribution in [0.3, 0.4) is 0 Å². The van der Waals surface area contributed by atoms with E-state index in [1.165, 1.54) is 6.33 Å². The topological polar surface area (TPSA) is 229 Å². The smallest absolute Gasteiger partial charge is 0.382 e. The van der Waals surface area contributed by atoms with Gasteiger partial charge in [-0.1, -0.05) is 0 Å². The second-order valence-corrected chi connectivity index (χ2v) is 11.5. The Kier molecular flexibility index (Phi) is 5.43. The first kappa shape index (κ1) is 22.0. The molecule has 2 aromatic rings. The third kappa shape index (κ3) is 4.66. The van der Waals surface area contributed by atoms with Gasteiger partial charge < -0.3 is 29.9 Å². The molecule has 6 N–H and O–H groups in total. The highest BCUT2D eigenvalue weighted by Gasteiger charge is 2.57. The first-order valence-corrected chi connectivity index (χ1v) is 13.1. The van der Waals surface area contributed by atoms with Crippen molar-refractivity contribution in [3.63, 3.8) is 0 Å². The quantitative estimate of drug-likeness (QED) is 0.328. The summed E-state index contributed by atoms with van der Waals surface area (Å²) in [6.07, 6.45) is 4.48. The number of hydrogen-bond acceptors (Lipinski definition) is 10. The zero-order valence-corrected chi connectivity index (χ0v) is 17.7. The highest BCUT2D eigenvalue weighted by atomic mass is 31.3. The van der Waals surface area contributed by atoms with Gasteiger partial charge in [-0.15, -0.1) is 0 Å². The Morgan fingerprint density at radius 3 is 2.33 bits per heavy atom. The predicted octanol–water partition coefficient (Wildman–Crippen LogP) is 0.949. The fourth-order valence-electron chi connectivity index (χ4n) is 4.04. The molecule has 2 saturated carbocycles. The molecule has 0 saturated heterocycles. The minimum atomic E-state index is -5.50. The van der Waals surface area contributed by atoms with Gasteiger partial charge in [-0.25, -0.2) is 28.6 Å². The van der Waals surface area contributed by atoms with Gasteiger partial charge in [0.1, 0.15) is 11.8 Å². The Morgan fingerprint density at radius 1 is 1.03 bits per heavy atom. The summed E-state index contributed by atoms with van der Waals surface area (Å²) in [5.74, 6) is 0.606. The van der Waals surface area contributed by atoms with Crippen LogP contribution in [-0.4, -0.2) is 45.7 Å². The average molecular weight is 485 g/mol. The van der Waals surface area contributed by atoms with E-state index in [1.807, 2.05) is 4.57 Å². The van der Waals surface area contributed by atoms with Gasteiger partial charge in [0.05, 0.1) is 12.9 Å². The Balaban J connectivity index is 1.31. The summed E-state index contributed by atoms with van der Waals surface area (Å²) in [7, 11) is -16.0. The molecule has 2 aromatic heterocycles.